The van der Waals surface area contributed by atoms with Gasteiger partial charge in [-0.15, -0.1) is 6.58 Å². The first-order chi connectivity index (χ1) is 5.27. The topological polar surface area (TPSA) is 26.3 Å². The van der Waals surface area contributed by atoms with E-state index < -0.39 is 0 Å². The summed E-state index contributed by atoms with van der Waals surface area (Å²) >= 11 is 0. The fourth-order valence-electron chi connectivity index (χ4n) is 1.71. The van der Waals surface area contributed by atoms with E-state index in [9.17, 15) is 4.79 Å². The molecule has 2 atom stereocenters. The fourth-order valence-corrected chi connectivity index (χ4v) is 1.71. The van der Waals surface area contributed by atoms with Crippen molar-refractivity contribution in [1.82, 2.24) is 0 Å². The summed E-state index contributed by atoms with van der Waals surface area (Å²) in [5, 5.41) is 0. The summed E-state index contributed by atoms with van der Waals surface area (Å²) in [6.07, 6.45) is 7.28. The highest BCUT2D eigenvalue weighted by atomic mass is 16.6. The third kappa shape index (κ3) is 0.754. The van der Waals surface area contributed by atoms with Crippen molar-refractivity contribution < 1.29 is 9.53 Å². The van der Waals surface area contributed by atoms with E-state index in [-0.39, 0.29) is 11.6 Å². The summed E-state index contributed by atoms with van der Waals surface area (Å²) in [5.74, 6) is 0.127. The van der Waals surface area contributed by atoms with Gasteiger partial charge < -0.3 is 4.74 Å². The molecule has 0 aromatic rings. The zero-order valence-corrected chi connectivity index (χ0v) is 6.25. The molecule has 58 valence electrons. The summed E-state index contributed by atoms with van der Waals surface area (Å²) in [5.41, 5.74) is -0.293. The van der Waals surface area contributed by atoms with E-state index in [1.54, 1.807) is 0 Å². The molecule has 11 heavy (non-hydrogen) atoms. The van der Waals surface area contributed by atoms with Crippen LogP contribution >= 0.6 is 0 Å². The van der Waals surface area contributed by atoms with Gasteiger partial charge in [-0.2, -0.15) is 0 Å². The van der Waals surface area contributed by atoms with Crippen molar-refractivity contribution in [1.29, 1.82) is 0 Å². The van der Waals surface area contributed by atoms with Gasteiger partial charge in [0.05, 0.1) is 0 Å². The molecule has 2 rings (SSSR count). The molecule has 0 aromatic heterocycles. The lowest BCUT2D eigenvalue weighted by atomic mass is 9.70. The standard InChI is InChI=1S/C9H10O2/c1-2-7-3-5-9(7)6-4-8(10)11-9/h2,4,6-7H,1,3,5H2/t7-,9+/m0/s1. The van der Waals surface area contributed by atoms with Crippen LogP contribution in [0.25, 0.3) is 0 Å². The second kappa shape index (κ2) is 1.97. The number of esters is 1. The van der Waals surface area contributed by atoms with Gasteiger partial charge in [-0.05, 0) is 18.9 Å². The Morgan fingerprint density at radius 1 is 1.82 bits per heavy atom. The molecule has 0 bridgehead atoms. The van der Waals surface area contributed by atoms with Crippen molar-refractivity contribution in [2.45, 2.75) is 18.4 Å². The van der Waals surface area contributed by atoms with Crippen molar-refractivity contribution in [3.05, 3.63) is 24.8 Å². The summed E-state index contributed by atoms with van der Waals surface area (Å²) < 4.78 is 5.17. The van der Waals surface area contributed by atoms with Crippen LogP contribution in [0.2, 0.25) is 0 Å². The van der Waals surface area contributed by atoms with Crippen molar-refractivity contribution in [2.24, 2.45) is 5.92 Å². The first kappa shape index (κ1) is 6.65. The van der Waals surface area contributed by atoms with Crippen LogP contribution in [0.15, 0.2) is 24.8 Å². The molecule has 1 aliphatic carbocycles. The van der Waals surface area contributed by atoms with Crippen LogP contribution in [-0.4, -0.2) is 11.6 Å². The zero-order chi connectivity index (χ0) is 7.90. The highest BCUT2D eigenvalue weighted by Gasteiger charge is 2.48. The van der Waals surface area contributed by atoms with Gasteiger partial charge in [0.2, 0.25) is 0 Å². The molecule has 2 heteroatoms. The van der Waals surface area contributed by atoms with Gasteiger partial charge in [0.1, 0.15) is 5.60 Å². The average Bonchev–Trinajstić information content (AvgIpc) is 2.33. The molecule has 0 saturated heterocycles. The highest BCUT2D eigenvalue weighted by molar-refractivity contribution is 5.85. The Hall–Kier alpha value is -1.05. The van der Waals surface area contributed by atoms with E-state index in [0.717, 1.165) is 12.8 Å². The number of carbonyl (C=O) groups excluding carboxylic acids is 1. The Balaban J connectivity index is 2.19. The van der Waals surface area contributed by atoms with Crippen LogP contribution < -0.4 is 0 Å². The Kier molecular flexibility index (Phi) is 1.19. The number of hydrogen-bond donors (Lipinski definition) is 0. The average molecular weight is 150 g/mol. The molecule has 0 aromatic carbocycles. The number of ether oxygens (including phenoxy) is 1. The van der Waals surface area contributed by atoms with Crippen LogP contribution in [0.1, 0.15) is 12.8 Å². The molecule has 1 fully saturated rings. The first-order valence-corrected chi connectivity index (χ1v) is 3.82. The van der Waals surface area contributed by atoms with Gasteiger partial charge in [-0.25, -0.2) is 4.79 Å². The van der Waals surface area contributed by atoms with Crippen molar-refractivity contribution in [3.8, 4) is 0 Å². The Morgan fingerprint density at radius 3 is 3.00 bits per heavy atom. The molecule has 0 amide bonds. The lowest BCUT2D eigenvalue weighted by Gasteiger charge is -2.42. The van der Waals surface area contributed by atoms with Crippen LogP contribution in [-0.2, 0) is 9.53 Å². The van der Waals surface area contributed by atoms with E-state index in [4.69, 9.17) is 4.74 Å². The van der Waals surface area contributed by atoms with Gasteiger partial charge in [0, 0.05) is 12.0 Å². The Morgan fingerprint density at radius 2 is 2.64 bits per heavy atom. The maximum Gasteiger partial charge on any atom is 0.331 e. The molecule has 1 saturated carbocycles. The molecule has 1 spiro atoms. The molecule has 1 heterocycles. The van der Waals surface area contributed by atoms with Crippen LogP contribution in [0.3, 0.4) is 0 Å². The maximum absolute atomic E-state index is 10.8. The van der Waals surface area contributed by atoms with Crippen LogP contribution in [0, 0.1) is 5.92 Å². The SMILES string of the molecule is C=C[C@H]1CC[C@@]12C=CC(=O)O2. The van der Waals surface area contributed by atoms with Crippen molar-refractivity contribution in [3.63, 3.8) is 0 Å². The minimum absolute atomic E-state index is 0.212. The molecule has 2 aliphatic rings. The number of hydrogen-bond acceptors (Lipinski definition) is 2. The van der Waals surface area contributed by atoms with Gasteiger partial charge in [0.15, 0.2) is 0 Å². The third-order valence-electron chi connectivity index (χ3n) is 2.55. The summed E-state index contributed by atoms with van der Waals surface area (Å²) in [6.45, 7) is 3.70. The monoisotopic (exact) mass is 150 g/mol. The molecular weight excluding hydrogens is 140 g/mol. The van der Waals surface area contributed by atoms with Gasteiger partial charge in [-0.3, -0.25) is 0 Å². The second-order valence-corrected chi connectivity index (χ2v) is 3.09. The second-order valence-electron chi connectivity index (χ2n) is 3.09. The number of carbonyl (C=O) groups is 1. The first-order valence-electron chi connectivity index (χ1n) is 3.82. The molecule has 0 radical (unpaired) electrons. The van der Waals surface area contributed by atoms with E-state index in [1.807, 2.05) is 12.2 Å². The van der Waals surface area contributed by atoms with E-state index in [1.165, 1.54) is 6.08 Å². The molecule has 1 aliphatic heterocycles. The predicted octanol–water partition coefficient (Wildman–Crippen LogP) is 1.43. The van der Waals surface area contributed by atoms with Crippen LogP contribution in [0.5, 0.6) is 0 Å². The van der Waals surface area contributed by atoms with E-state index in [0.29, 0.717) is 5.92 Å². The quantitative estimate of drug-likeness (QED) is 0.417. The fraction of sp³-hybridized carbons (Fsp3) is 0.444. The lowest BCUT2D eigenvalue weighted by Crippen LogP contribution is -2.45. The summed E-state index contributed by atoms with van der Waals surface area (Å²) in [7, 11) is 0. The minimum Gasteiger partial charge on any atom is -0.451 e. The van der Waals surface area contributed by atoms with E-state index >= 15 is 0 Å². The highest BCUT2D eigenvalue weighted by Crippen LogP contribution is 2.45. The maximum atomic E-state index is 10.8. The largest absolute Gasteiger partial charge is 0.451 e. The van der Waals surface area contributed by atoms with E-state index in [2.05, 4.69) is 6.58 Å². The van der Waals surface area contributed by atoms with Gasteiger partial charge >= 0.3 is 5.97 Å². The van der Waals surface area contributed by atoms with Crippen LogP contribution in [0.4, 0.5) is 0 Å². The normalized spacial score (nSPS) is 40.4. The lowest BCUT2D eigenvalue weighted by molar-refractivity contribution is -0.156. The zero-order valence-electron chi connectivity index (χ0n) is 6.25. The summed E-state index contributed by atoms with van der Waals surface area (Å²) in [4.78, 5) is 10.8. The van der Waals surface area contributed by atoms with Crippen molar-refractivity contribution >= 4 is 5.97 Å². The molecular formula is C9H10O2. The smallest absolute Gasteiger partial charge is 0.331 e. The van der Waals surface area contributed by atoms with Gasteiger partial charge in [-0.1, -0.05) is 6.08 Å². The van der Waals surface area contributed by atoms with Gasteiger partial charge in [0.25, 0.3) is 0 Å². The number of rotatable bonds is 1. The predicted molar refractivity (Wildman–Crippen MR) is 40.9 cm³/mol. The summed E-state index contributed by atoms with van der Waals surface area (Å²) in [6, 6.07) is 0. The third-order valence-corrected chi connectivity index (χ3v) is 2.55. The van der Waals surface area contributed by atoms with Crippen molar-refractivity contribution in [2.75, 3.05) is 0 Å². The Bertz CT molecular complexity index is 242. The molecule has 2 nitrogen and oxygen atoms in total. The molecule has 0 unspecified atom stereocenters. The molecule has 0 N–H and O–H groups in total. The Labute approximate surface area is 65.5 Å². The minimum atomic E-state index is -0.293.